The third kappa shape index (κ3) is 4.40. The number of aromatic nitrogens is 2. The second-order valence-electron chi connectivity index (χ2n) is 3.97. The van der Waals surface area contributed by atoms with Crippen LogP contribution in [0.25, 0.3) is 6.08 Å². The Hall–Kier alpha value is -2.11. The molecule has 18 heavy (non-hydrogen) atoms. The van der Waals surface area contributed by atoms with Gasteiger partial charge in [-0.05, 0) is 18.6 Å². The van der Waals surface area contributed by atoms with E-state index in [-0.39, 0.29) is 12.3 Å². The fourth-order valence-corrected chi connectivity index (χ4v) is 1.41. The quantitative estimate of drug-likeness (QED) is 0.757. The van der Waals surface area contributed by atoms with Crippen LogP contribution in [0.1, 0.15) is 18.5 Å². The molecule has 0 atom stereocenters. The summed E-state index contributed by atoms with van der Waals surface area (Å²) < 4.78 is 1.66. The summed E-state index contributed by atoms with van der Waals surface area (Å²) in [7, 11) is 3.44. The molecule has 1 aromatic rings. The molecule has 1 N–H and O–H groups in total. The highest BCUT2D eigenvalue weighted by atomic mass is 16.4. The van der Waals surface area contributed by atoms with Gasteiger partial charge in [-0.3, -0.25) is 14.3 Å². The average molecular weight is 251 g/mol. The number of nitrogens with zero attached hydrogens (tertiary/aromatic N) is 3. The van der Waals surface area contributed by atoms with Crippen molar-refractivity contribution in [2.45, 2.75) is 12.8 Å². The molecule has 1 aromatic heterocycles. The van der Waals surface area contributed by atoms with Gasteiger partial charge in [0, 0.05) is 39.3 Å². The first kappa shape index (κ1) is 14.0. The van der Waals surface area contributed by atoms with E-state index >= 15 is 0 Å². The maximum absolute atomic E-state index is 11.7. The van der Waals surface area contributed by atoms with E-state index in [1.165, 1.54) is 11.0 Å². The lowest BCUT2D eigenvalue weighted by Gasteiger charge is -2.13. The molecule has 6 heteroatoms. The van der Waals surface area contributed by atoms with Crippen molar-refractivity contribution in [3.8, 4) is 0 Å². The van der Waals surface area contributed by atoms with Crippen molar-refractivity contribution >= 4 is 18.0 Å². The minimum atomic E-state index is -0.846. The van der Waals surface area contributed by atoms with Crippen molar-refractivity contribution in [2.75, 3.05) is 13.6 Å². The highest BCUT2D eigenvalue weighted by Gasteiger charge is 2.06. The summed E-state index contributed by atoms with van der Waals surface area (Å²) in [5.41, 5.74) is 0.835. The normalized spacial score (nSPS) is 10.8. The van der Waals surface area contributed by atoms with Crippen LogP contribution in [0.15, 0.2) is 18.3 Å². The molecule has 1 heterocycles. The number of rotatable bonds is 6. The molecule has 0 saturated carbocycles. The van der Waals surface area contributed by atoms with E-state index < -0.39 is 5.97 Å². The Bertz CT molecular complexity index is 451. The van der Waals surface area contributed by atoms with E-state index in [1.54, 1.807) is 37.1 Å². The van der Waals surface area contributed by atoms with Crippen LogP contribution in [-0.4, -0.2) is 45.3 Å². The van der Waals surface area contributed by atoms with Gasteiger partial charge in [0.05, 0.1) is 5.69 Å². The first-order valence-electron chi connectivity index (χ1n) is 5.63. The van der Waals surface area contributed by atoms with E-state index in [1.807, 2.05) is 0 Å². The van der Waals surface area contributed by atoms with E-state index in [9.17, 15) is 9.59 Å². The molecule has 0 aliphatic carbocycles. The molecule has 1 amide bonds. The van der Waals surface area contributed by atoms with E-state index in [2.05, 4.69) is 5.10 Å². The van der Waals surface area contributed by atoms with Gasteiger partial charge < -0.3 is 10.0 Å². The maximum atomic E-state index is 11.7. The SMILES string of the molecule is CN(CCCC(=O)O)C(=O)/C=C/c1ccnn1C. The van der Waals surface area contributed by atoms with Crippen LogP contribution < -0.4 is 0 Å². The largest absolute Gasteiger partial charge is 0.481 e. The summed E-state index contributed by atoms with van der Waals surface area (Å²) in [5.74, 6) is -0.997. The van der Waals surface area contributed by atoms with Crippen molar-refractivity contribution in [1.29, 1.82) is 0 Å². The number of aliphatic carboxylic acids is 1. The predicted octanol–water partition coefficient (Wildman–Crippen LogP) is 0.756. The lowest BCUT2D eigenvalue weighted by atomic mass is 10.3. The number of likely N-dealkylation sites (N-methyl/N-ethyl adjacent to an activating group) is 1. The Morgan fingerprint density at radius 1 is 1.56 bits per heavy atom. The van der Waals surface area contributed by atoms with Gasteiger partial charge in [0.2, 0.25) is 5.91 Å². The topological polar surface area (TPSA) is 75.4 Å². The number of carboxylic acids is 1. The zero-order valence-electron chi connectivity index (χ0n) is 10.5. The summed E-state index contributed by atoms with van der Waals surface area (Å²) in [6, 6.07) is 1.80. The molecule has 0 radical (unpaired) electrons. The Balaban J connectivity index is 2.42. The number of amides is 1. The Morgan fingerprint density at radius 3 is 2.83 bits per heavy atom. The predicted molar refractivity (Wildman–Crippen MR) is 66.7 cm³/mol. The zero-order chi connectivity index (χ0) is 13.5. The number of carboxylic acid groups (broad SMARTS) is 1. The molecule has 0 fully saturated rings. The van der Waals surface area contributed by atoms with E-state index in [4.69, 9.17) is 5.11 Å². The van der Waals surface area contributed by atoms with E-state index in [0.717, 1.165) is 5.69 Å². The summed E-state index contributed by atoms with van der Waals surface area (Å²) in [5, 5.41) is 12.5. The third-order valence-corrected chi connectivity index (χ3v) is 2.52. The third-order valence-electron chi connectivity index (χ3n) is 2.52. The van der Waals surface area contributed by atoms with Gasteiger partial charge >= 0.3 is 5.97 Å². The van der Waals surface area contributed by atoms with Crippen molar-refractivity contribution in [3.05, 3.63) is 24.0 Å². The number of carbonyl (C=O) groups is 2. The summed E-state index contributed by atoms with van der Waals surface area (Å²) >= 11 is 0. The van der Waals surface area contributed by atoms with Crippen LogP contribution in [0.4, 0.5) is 0 Å². The van der Waals surface area contributed by atoms with Crippen molar-refractivity contribution in [2.24, 2.45) is 7.05 Å². The summed E-state index contributed by atoms with van der Waals surface area (Å²) in [6.07, 6.45) is 5.32. The molecule has 0 aliphatic rings. The van der Waals surface area contributed by atoms with Crippen LogP contribution in [-0.2, 0) is 16.6 Å². The summed E-state index contributed by atoms with van der Waals surface area (Å²) in [4.78, 5) is 23.5. The Labute approximate surface area is 106 Å². The molecule has 0 aromatic carbocycles. The fraction of sp³-hybridized carbons (Fsp3) is 0.417. The first-order chi connectivity index (χ1) is 8.50. The number of aryl methyl sites for hydroxylation is 1. The van der Waals surface area contributed by atoms with Crippen LogP contribution >= 0.6 is 0 Å². The average Bonchev–Trinajstić information content (AvgIpc) is 2.71. The molecule has 98 valence electrons. The molecular formula is C12H17N3O3. The number of hydrogen-bond acceptors (Lipinski definition) is 3. The molecule has 6 nitrogen and oxygen atoms in total. The molecular weight excluding hydrogens is 234 g/mol. The first-order valence-corrected chi connectivity index (χ1v) is 5.63. The molecule has 0 unspecified atom stereocenters. The van der Waals surface area contributed by atoms with E-state index in [0.29, 0.717) is 13.0 Å². The zero-order valence-corrected chi connectivity index (χ0v) is 10.5. The smallest absolute Gasteiger partial charge is 0.303 e. The van der Waals surface area contributed by atoms with Gasteiger partial charge in [0.25, 0.3) is 0 Å². The van der Waals surface area contributed by atoms with Gasteiger partial charge in [0.1, 0.15) is 0 Å². The van der Waals surface area contributed by atoms with Gasteiger partial charge in [-0.25, -0.2) is 0 Å². The standard InChI is InChI=1S/C12H17N3O3/c1-14(9-3-4-12(17)18)11(16)6-5-10-7-8-13-15(10)2/h5-8H,3-4,9H2,1-2H3,(H,17,18)/b6-5+. The van der Waals surface area contributed by atoms with Gasteiger partial charge in [-0.15, -0.1) is 0 Å². The van der Waals surface area contributed by atoms with Crippen LogP contribution in [0.2, 0.25) is 0 Å². The van der Waals surface area contributed by atoms with Crippen LogP contribution in [0.3, 0.4) is 0 Å². The Kier molecular flexibility index (Phi) is 5.10. The lowest BCUT2D eigenvalue weighted by Crippen LogP contribution is -2.26. The highest BCUT2D eigenvalue weighted by Crippen LogP contribution is 2.01. The molecule has 0 aliphatic heterocycles. The molecule has 1 rings (SSSR count). The summed E-state index contributed by atoms with van der Waals surface area (Å²) in [6.45, 7) is 0.431. The maximum Gasteiger partial charge on any atom is 0.303 e. The lowest BCUT2D eigenvalue weighted by molar-refractivity contribution is -0.137. The molecule has 0 bridgehead atoms. The van der Waals surface area contributed by atoms with Gasteiger partial charge in [0.15, 0.2) is 0 Å². The van der Waals surface area contributed by atoms with Crippen molar-refractivity contribution in [3.63, 3.8) is 0 Å². The Morgan fingerprint density at radius 2 is 2.28 bits per heavy atom. The van der Waals surface area contributed by atoms with Gasteiger partial charge in [-0.1, -0.05) is 0 Å². The fourth-order valence-electron chi connectivity index (χ4n) is 1.41. The minimum Gasteiger partial charge on any atom is -0.481 e. The highest BCUT2D eigenvalue weighted by molar-refractivity contribution is 5.91. The monoisotopic (exact) mass is 251 g/mol. The van der Waals surface area contributed by atoms with Crippen molar-refractivity contribution < 1.29 is 14.7 Å². The molecule has 0 spiro atoms. The second kappa shape index (κ2) is 6.58. The number of hydrogen-bond donors (Lipinski definition) is 1. The van der Waals surface area contributed by atoms with Crippen molar-refractivity contribution in [1.82, 2.24) is 14.7 Å². The second-order valence-corrected chi connectivity index (χ2v) is 3.97. The molecule has 0 saturated heterocycles. The minimum absolute atomic E-state index is 0.0725. The number of carbonyl (C=O) groups excluding carboxylic acids is 1. The van der Waals surface area contributed by atoms with Crippen LogP contribution in [0, 0.1) is 0 Å². The van der Waals surface area contributed by atoms with Gasteiger partial charge in [-0.2, -0.15) is 5.10 Å². The van der Waals surface area contributed by atoms with Crippen LogP contribution in [0.5, 0.6) is 0 Å².